The molecule has 1 aromatic heterocycles. The zero-order valence-corrected chi connectivity index (χ0v) is 17.0. The third-order valence-electron chi connectivity index (χ3n) is 4.01. The summed E-state index contributed by atoms with van der Waals surface area (Å²) in [7, 11) is 0. The van der Waals surface area contributed by atoms with E-state index in [2.05, 4.69) is 19.8 Å². The Labute approximate surface area is 177 Å². The van der Waals surface area contributed by atoms with Gasteiger partial charge in [-0.3, -0.25) is 19.3 Å². The summed E-state index contributed by atoms with van der Waals surface area (Å²) in [6, 6.07) is -0.983. The average molecular weight is 456 g/mol. The third kappa shape index (κ3) is 4.35. The van der Waals surface area contributed by atoms with E-state index < -0.39 is 41.3 Å². The van der Waals surface area contributed by atoms with Crippen LogP contribution < -0.4 is 11.1 Å². The molecule has 5 N–H and O–H groups in total. The van der Waals surface area contributed by atoms with Gasteiger partial charge in [0.1, 0.15) is 23.2 Å². The number of nitrogens with one attached hydrogen (secondary N) is 1. The molecule has 160 valence electrons. The zero-order valence-electron chi connectivity index (χ0n) is 15.3. The Morgan fingerprint density at radius 3 is 2.80 bits per heavy atom. The summed E-state index contributed by atoms with van der Waals surface area (Å²) in [6.07, 6.45) is 0.218. The first-order valence-electron chi connectivity index (χ1n) is 8.43. The molecular formula is C15H16N6O7S2. The van der Waals surface area contributed by atoms with Crippen molar-refractivity contribution in [1.82, 2.24) is 19.6 Å². The fourth-order valence-electron chi connectivity index (χ4n) is 2.69. The monoisotopic (exact) mass is 456 g/mol. The van der Waals surface area contributed by atoms with Crippen LogP contribution in [0.5, 0.6) is 0 Å². The summed E-state index contributed by atoms with van der Waals surface area (Å²) in [5.74, 6) is -3.56. The molecule has 3 atom stereocenters. The van der Waals surface area contributed by atoms with E-state index in [4.69, 9.17) is 15.7 Å². The summed E-state index contributed by atoms with van der Waals surface area (Å²) in [5.41, 5.74) is 5.02. The number of carboxylic acid groups (broad SMARTS) is 2. The molecule has 3 rings (SSSR count). The fraction of sp³-hybridized carbons (Fsp3) is 0.400. The number of hydrogen-bond acceptors (Lipinski definition) is 11. The van der Waals surface area contributed by atoms with Crippen molar-refractivity contribution in [3.05, 3.63) is 17.6 Å². The van der Waals surface area contributed by atoms with Crippen LogP contribution in [0.15, 0.2) is 16.9 Å². The van der Waals surface area contributed by atoms with Gasteiger partial charge in [0, 0.05) is 17.3 Å². The largest absolute Gasteiger partial charge is 0.481 e. The highest BCUT2D eigenvalue weighted by molar-refractivity contribution is 8.00. The number of hydrogen-bond donors (Lipinski definition) is 4. The fourth-order valence-corrected chi connectivity index (χ4v) is 4.32. The Hall–Kier alpha value is -3.20. The number of aliphatic carboxylic acids is 2. The molecule has 30 heavy (non-hydrogen) atoms. The van der Waals surface area contributed by atoms with Crippen molar-refractivity contribution in [2.24, 2.45) is 5.16 Å². The minimum Gasteiger partial charge on any atom is -0.481 e. The Kier molecular flexibility index (Phi) is 6.21. The van der Waals surface area contributed by atoms with Crippen LogP contribution in [0.3, 0.4) is 0 Å². The Balaban J connectivity index is 1.76. The van der Waals surface area contributed by atoms with E-state index >= 15 is 0 Å². The number of nitrogen functional groups attached to an aromatic ring is 1. The van der Waals surface area contributed by atoms with Gasteiger partial charge >= 0.3 is 11.9 Å². The Morgan fingerprint density at radius 1 is 1.47 bits per heavy atom. The number of anilines is 1. The van der Waals surface area contributed by atoms with Gasteiger partial charge in [-0.15, -0.1) is 11.8 Å². The number of thioether (sulfide) groups is 1. The molecule has 3 heterocycles. The van der Waals surface area contributed by atoms with Gasteiger partial charge in [-0.05, 0) is 13.0 Å². The topological polar surface area (TPSA) is 197 Å². The molecule has 0 radical (unpaired) electrons. The van der Waals surface area contributed by atoms with E-state index in [-0.39, 0.29) is 28.8 Å². The molecule has 15 heteroatoms. The number of rotatable bonds is 8. The molecular weight excluding hydrogens is 440 g/mol. The summed E-state index contributed by atoms with van der Waals surface area (Å²) in [4.78, 5) is 57.2. The molecule has 0 bridgehead atoms. The highest BCUT2D eigenvalue weighted by atomic mass is 32.2. The molecule has 2 aliphatic rings. The normalized spacial score (nSPS) is 21.8. The summed E-state index contributed by atoms with van der Waals surface area (Å²) in [6.45, 7) is 1.45. The summed E-state index contributed by atoms with van der Waals surface area (Å²) >= 11 is 2.10. The number of carbonyl (C=O) groups is 4. The number of β-lactam (4-membered cyclic amide) rings is 1. The minimum absolute atomic E-state index is 0.0639. The molecule has 2 aliphatic heterocycles. The van der Waals surface area contributed by atoms with Crippen molar-refractivity contribution < 1.29 is 34.2 Å². The maximum atomic E-state index is 12.8. The first-order valence-corrected chi connectivity index (χ1v) is 10.3. The van der Waals surface area contributed by atoms with Crippen molar-refractivity contribution >= 4 is 57.9 Å². The van der Waals surface area contributed by atoms with Crippen molar-refractivity contribution in [1.29, 1.82) is 0 Å². The van der Waals surface area contributed by atoms with Crippen LogP contribution in [0.1, 0.15) is 19.2 Å². The molecule has 1 fully saturated rings. The van der Waals surface area contributed by atoms with E-state index in [1.54, 1.807) is 0 Å². The van der Waals surface area contributed by atoms with Crippen LogP contribution in [-0.4, -0.2) is 77.2 Å². The minimum atomic E-state index is -1.23. The predicted molar refractivity (Wildman–Crippen MR) is 104 cm³/mol. The standard InChI is InChI=1S/C15H16N6O7S2/c1-5(4-7(22)23)28-19-8(10-18-15(16)30-20-10)11(24)17-9-12(25)21-6(14(26)27)2-3-29-13(9)21/h2,5,9,13H,3-4H2,1H3,(H,17,24)(H,22,23)(H,26,27)(H2,16,18,20)/t5?,9-,13+/m1/s1. The lowest BCUT2D eigenvalue weighted by molar-refractivity contribution is -0.150. The number of nitrogens with zero attached hydrogens (tertiary/aromatic N) is 4. The Bertz CT molecular complexity index is 961. The lowest BCUT2D eigenvalue weighted by Gasteiger charge is -2.48. The van der Waals surface area contributed by atoms with E-state index in [9.17, 15) is 24.3 Å². The van der Waals surface area contributed by atoms with Crippen molar-refractivity contribution in [3.8, 4) is 0 Å². The van der Waals surface area contributed by atoms with Gasteiger partial charge in [-0.2, -0.15) is 9.36 Å². The number of carboxylic acids is 2. The summed E-state index contributed by atoms with van der Waals surface area (Å²) in [5, 5.41) is 23.6. The van der Waals surface area contributed by atoms with Crippen LogP contribution in [0.2, 0.25) is 0 Å². The maximum absolute atomic E-state index is 12.8. The predicted octanol–water partition coefficient (Wildman–Crippen LogP) is -0.927. The van der Waals surface area contributed by atoms with Gasteiger partial charge in [0.15, 0.2) is 5.13 Å². The third-order valence-corrected chi connectivity index (χ3v) is 5.73. The van der Waals surface area contributed by atoms with E-state index in [1.807, 2.05) is 0 Å². The van der Waals surface area contributed by atoms with Crippen molar-refractivity contribution in [3.63, 3.8) is 0 Å². The summed E-state index contributed by atoms with van der Waals surface area (Å²) < 4.78 is 3.89. The molecule has 2 amide bonds. The number of nitrogens with two attached hydrogens (primary N) is 1. The maximum Gasteiger partial charge on any atom is 0.352 e. The molecule has 0 saturated carbocycles. The van der Waals surface area contributed by atoms with Crippen LogP contribution in [0, 0.1) is 0 Å². The lowest BCUT2D eigenvalue weighted by Crippen LogP contribution is -2.70. The number of oxime groups is 1. The van der Waals surface area contributed by atoms with E-state index in [1.165, 1.54) is 24.8 Å². The number of aromatic nitrogens is 2. The average Bonchev–Trinajstić information content (AvgIpc) is 3.10. The van der Waals surface area contributed by atoms with Crippen LogP contribution in [-0.2, 0) is 24.0 Å². The number of carbonyl (C=O) groups excluding carboxylic acids is 2. The SMILES string of the molecule is CC(CC(=O)O)ON=C(C(=O)N[C@@H]1C(=O)N2C(C(=O)O)=CCS[C@@H]12)c1nsc(N)n1. The lowest BCUT2D eigenvalue weighted by atomic mass is 10.0. The zero-order chi connectivity index (χ0) is 22.0. The van der Waals surface area contributed by atoms with Crippen LogP contribution >= 0.6 is 23.3 Å². The van der Waals surface area contributed by atoms with Gasteiger partial charge in [0.05, 0.1) is 6.42 Å². The molecule has 0 spiro atoms. The second-order valence-electron chi connectivity index (χ2n) is 6.19. The van der Waals surface area contributed by atoms with Gasteiger partial charge in [0.25, 0.3) is 11.8 Å². The molecule has 1 unspecified atom stereocenters. The molecule has 0 aromatic carbocycles. The molecule has 0 aliphatic carbocycles. The molecule has 1 saturated heterocycles. The van der Waals surface area contributed by atoms with Crippen molar-refractivity contribution in [2.45, 2.75) is 30.9 Å². The second-order valence-corrected chi connectivity index (χ2v) is 8.12. The van der Waals surface area contributed by atoms with Crippen LogP contribution in [0.4, 0.5) is 5.13 Å². The molecule has 13 nitrogen and oxygen atoms in total. The van der Waals surface area contributed by atoms with E-state index in [0.29, 0.717) is 5.75 Å². The Morgan fingerprint density at radius 2 is 2.20 bits per heavy atom. The smallest absolute Gasteiger partial charge is 0.352 e. The quantitative estimate of drug-likeness (QED) is 0.214. The van der Waals surface area contributed by atoms with Gasteiger partial charge in [0.2, 0.25) is 11.5 Å². The van der Waals surface area contributed by atoms with Crippen molar-refractivity contribution in [2.75, 3.05) is 11.5 Å². The molecule has 1 aromatic rings. The van der Waals surface area contributed by atoms with Gasteiger partial charge in [-0.1, -0.05) is 5.16 Å². The van der Waals surface area contributed by atoms with Gasteiger partial charge in [-0.25, -0.2) is 4.79 Å². The highest BCUT2D eigenvalue weighted by Crippen LogP contribution is 2.37. The van der Waals surface area contributed by atoms with Crippen LogP contribution in [0.25, 0.3) is 0 Å². The first-order chi connectivity index (χ1) is 14.2. The second kappa shape index (κ2) is 8.66. The number of amides is 2. The van der Waals surface area contributed by atoms with E-state index in [0.717, 1.165) is 16.4 Å². The van der Waals surface area contributed by atoms with Gasteiger partial charge < -0.3 is 26.1 Å². The highest BCUT2D eigenvalue weighted by Gasteiger charge is 2.53. The first kappa shape index (κ1) is 21.5. The number of fused-ring (bicyclic) bond motifs is 1.